The Morgan fingerprint density at radius 3 is 3.25 bits per heavy atom. The van der Waals surface area contributed by atoms with E-state index in [9.17, 15) is 0 Å². The molecule has 0 aliphatic carbocycles. The lowest BCUT2D eigenvalue weighted by atomic mass is 10.1. The van der Waals surface area contributed by atoms with Crippen LogP contribution in [0.15, 0.2) is 23.2 Å². The zero-order valence-electron chi connectivity index (χ0n) is 6.41. The number of rotatable bonds is 0. The monoisotopic (exact) mass is 157 g/mol. The largest absolute Gasteiger partial charge is 0.346 e. The smallest absolute Gasteiger partial charge is 0.0991 e. The fourth-order valence-corrected chi connectivity index (χ4v) is 1.19. The summed E-state index contributed by atoms with van der Waals surface area (Å²) in [7, 11) is 0. The summed E-state index contributed by atoms with van der Waals surface area (Å²) in [5, 5.41) is 11.6. The van der Waals surface area contributed by atoms with Crippen molar-refractivity contribution in [2.45, 2.75) is 6.54 Å². The number of nitrogens with zero attached hydrogens (tertiary/aromatic N) is 2. The first-order valence-corrected chi connectivity index (χ1v) is 3.68. The third-order valence-corrected chi connectivity index (χ3v) is 1.81. The van der Waals surface area contributed by atoms with Gasteiger partial charge in [0.25, 0.3) is 0 Å². The molecule has 2 rings (SSSR count). The molecule has 1 aromatic carbocycles. The predicted molar refractivity (Wildman–Crippen MR) is 47.0 cm³/mol. The zero-order chi connectivity index (χ0) is 8.39. The minimum Gasteiger partial charge on any atom is -0.346 e. The molecule has 1 aliphatic rings. The number of anilines is 1. The van der Waals surface area contributed by atoms with Gasteiger partial charge in [-0.1, -0.05) is 0 Å². The molecule has 1 aromatic rings. The Bertz CT molecular complexity index is 374. The third-order valence-electron chi connectivity index (χ3n) is 1.81. The van der Waals surface area contributed by atoms with Crippen molar-refractivity contribution in [3.05, 3.63) is 29.3 Å². The van der Waals surface area contributed by atoms with Crippen molar-refractivity contribution >= 4 is 12.0 Å². The number of fused-ring (bicyclic) bond motifs is 1. The molecule has 0 saturated heterocycles. The van der Waals surface area contributed by atoms with Crippen molar-refractivity contribution in [3.63, 3.8) is 0 Å². The first-order valence-electron chi connectivity index (χ1n) is 3.68. The summed E-state index contributed by atoms with van der Waals surface area (Å²) < 4.78 is 0. The van der Waals surface area contributed by atoms with Gasteiger partial charge in [-0.3, -0.25) is 4.99 Å². The number of nitriles is 1. The number of hydrogen-bond donors (Lipinski definition) is 1. The van der Waals surface area contributed by atoms with E-state index in [0.717, 1.165) is 11.3 Å². The van der Waals surface area contributed by atoms with E-state index in [4.69, 9.17) is 5.26 Å². The minimum absolute atomic E-state index is 0.665. The first-order chi connectivity index (χ1) is 5.90. The van der Waals surface area contributed by atoms with Crippen LogP contribution in [0.1, 0.15) is 11.1 Å². The van der Waals surface area contributed by atoms with Crippen molar-refractivity contribution in [2.24, 2.45) is 4.99 Å². The molecule has 1 heterocycles. The predicted octanol–water partition coefficient (Wildman–Crippen LogP) is 1.51. The van der Waals surface area contributed by atoms with Gasteiger partial charge in [-0.05, 0) is 23.8 Å². The Balaban J connectivity index is 2.48. The summed E-state index contributed by atoms with van der Waals surface area (Å²) in [5.41, 5.74) is 2.81. The Kier molecular flexibility index (Phi) is 1.52. The highest BCUT2D eigenvalue weighted by atomic mass is 15.0. The van der Waals surface area contributed by atoms with Crippen LogP contribution in [-0.2, 0) is 6.54 Å². The van der Waals surface area contributed by atoms with Crippen LogP contribution in [0.2, 0.25) is 0 Å². The van der Waals surface area contributed by atoms with Crippen molar-refractivity contribution < 1.29 is 0 Å². The molecule has 0 saturated carbocycles. The van der Waals surface area contributed by atoms with Crippen LogP contribution < -0.4 is 5.32 Å². The van der Waals surface area contributed by atoms with Gasteiger partial charge in [-0.15, -0.1) is 0 Å². The van der Waals surface area contributed by atoms with E-state index in [2.05, 4.69) is 16.4 Å². The van der Waals surface area contributed by atoms with Gasteiger partial charge in [0.05, 0.1) is 24.5 Å². The van der Waals surface area contributed by atoms with Gasteiger partial charge < -0.3 is 5.32 Å². The molecule has 1 aliphatic heterocycles. The standard InChI is InChI=1S/C9H7N3/c10-4-7-1-2-9-8(3-7)5-11-6-12-9/h1-3,6H,5H2,(H,11,12). The quantitative estimate of drug-likeness (QED) is 0.620. The Morgan fingerprint density at radius 1 is 1.50 bits per heavy atom. The fraction of sp³-hybridized carbons (Fsp3) is 0.111. The van der Waals surface area contributed by atoms with Gasteiger partial charge in [-0.25, -0.2) is 0 Å². The summed E-state index contributed by atoms with van der Waals surface area (Å²) in [6.45, 7) is 0.665. The molecule has 0 radical (unpaired) electrons. The molecule has 0 bridgehead atoms. The summed E-state index contributed by atoms with van der Waals surface area (Å²) in [5.74, 6) is 0. The van der Waals surface area contributed by atoms with E-state index in [1.165, 1.54) is 0 Å². The lowest BCUT2D eigenvalue weighted by Gasteiger charge is -2.11. The molecule has 0 aromatic heterocycles. The molecule has 3 nitrogen and oxygen atoms in total. The summed E-state index contributed by atoms with van der Waals surface area (Å²) in [6.07, 6.45) is 1.67. The molecule has 0 spiro atoms. The third kappa shape index (κ3) is 1.04. The number of aliphatic imine (C=N–C) groups is 1. The zero-order valence-corrected chi connectivity index (χ0v) is 6.41. The van der Waals surface area contributed by atoms with Crippen molar-refractivity contribution in [2.75, 3.05) is 5.32 Å². The van der Waals surface area contributed by atoms with Crippen molar-refractivity contribution in [1.82, 2.24) is 0 Å². The average molecular weight is 157 g/mol. The van der Waals surface area contributed by atoms with Gasteiger partial charge in [0.2, 0.25) is 0 Å². The molecule has 0 amide bonds. The topological polar surface area (TPSA) is 48.2 Å². The summed E-state index contributed by atoms with van der Waals surface area (Å²) in [4.78, 5) is 4.05. The highest BCUT2D eigenvalue weighted by Crippen LogP contribution is 2.19. The van der Waals surface area contributed by atoms with E-state index < -0.39 is 0 Å². The van der Waals surface area contributed by atoms with Crippen LogP contribution in [0.5, 0.6) is 0 Å². The summed E-state index contributed by atoms with van der Waals surface area (Å²) >= 11 is 0. The molecular weight excluding hydrogens is 150 g/mol. The van der Waals surface area contributed by atoms with Crippen molar-refractivity contribution in [1.29, 1.82) is 5.26 Å². The van der Waals surface area contributed by atoms with E-state index in [0.29, 0.717) is 12.1 Å². The van der Waals surface area contributed by atoms with Crippen LogP contribution in [0.25, 0.3) is 0 Å². The van der Waals surface area contributed by atoms with E-state index in [1.807, 2.05) is 12.1 Å². The maximum absolute atomic E-state index is 8.63. The second-order valence-electron chi connectivity index (χ2n) is 2.60. The molecule has 12 heavy (non-hydrogen) atoms. The normalized spacial score (nSPS) is 12.9. The number of hydrogen-bond acceptors (Lipinski definition) is 3. The van der Waals surface area contributed by atoms with Gasteiger partial charge in [-0.2, -0.15) is 5.26 Å². The van der Waals surface area contributed by atoms with E-state index in [1.54, 1.807) is 12.4 Å². The molecule has 0 unspecified atom stereocenters. The maximum Gasteiger partial charge on any atom is 0.0991 e. The molecule has 0 fully saturated rings. The second kappa shape index (κ2) is 2.67. The number of benzene rings is 1. The average Bonchev–Trinajstić information content (AvgIpc) is 2.17. The van der Waals surface area contributed by atoms with Gasteiger partial charge in [0.15, 0.2) is 0 Å². The lowest BCUT2D eigenvalue weighted by Crippen LogP contribution is -2.04. The fourth-order valence-electron chi connectivity index (χ4n) is 1.19. The lowest BCUT2D eigenvalue weighted by molar-refractivity contribution is 1.06. The van der Waals surface area contributed by atoms with Gasteiger partial charge in [0, 0.05) is 5.69 Å². The Morgan fingerprint density at radius 2 is 2.42 bits per heavy atom. The second-order valence-corrected chi connectivity index (χ2v) is 2.60. The van der Waals surface area contributed by atoms with Crippen LogP contribution in [0.3, 0.4) is 0 Å². The van der Waals surface area contributed by atoms with Crippen LogP contribution in [0, 0.1) is 11.3 Å². The van der Waals surface area contributed by atoms with E-state index in [-0.39, 0.29) is 0 Å². The molecule has 58 valence electrons. The molecule has 0 atom stereocenters. The highest BCUT2D eigenvalue weighted by molar-refractivity contribution is 5.79. The van der Waals surface area contributed by atoms with Crippen molar-refractivity contribution in [3.8, 4) is 6.07 Å². The van der Waals surface area contributed by atoms with Crippen LogP contribution in [-0.4, -0.2) is 6.34 Å². The Hall–Kier alpha value is -1.82. The minimum atomic E-state index is 0.665. The first kappa shape index (κ1) is 6.86. The number of nitrogens with one attached hydrogen (secondary N) is 1. The molecule has 1 N–H and O–H groups in total. The SMILES string of the molecule is N#Cc1ccc2c(c1)CN=CN2. The van der Waals surface area contributed by atoms with Crippen LogP contribution >= 0.6 is 0 Å². The maximum atomic E-state index is 8.63. The van der Waals surface area contributed by atoms with Gasteiger partial charge in [0.1, 0.15) is 0 Å². The van der Waals surface area contributed by atoms with Crippen LogP contribution in [0.4, 0.5) is 5.69 Å². The van der Waals surface area contributed by atoms with E-state index >= 15 is 0 Å². The summed E-state index contributed by atoms with van der Waals surface area (Å²) in [6, 6.07) is 7.66. The molecule has 3 heteroatoms. The molecular formula is C9H7N3. The highest BCUT2D eigenvalue weighted by Gasteiger charge is 2.04. The Labute approximate surface area is 70.4 Å². The van der Waals surface area contributed by atoms with Gasteiger partial charge >= 0.3 is 0 Å².